The van der Waals surface area contributed by atoms with Crippen molar-refractivity contribution >= 4 is 0 Å². The second kappa shape index (κ2) is 8.84. The van der Waals surface area contributed by atoms with E-state index in [4.69, 9.17) is 0 Å². The van der Waals surface area contributed by atoms with Gasteiger partial charge in [0.05, 0.1) is 0 Å². The van der Waals surface area contributed by atoms with Gasteiger partial charge in [-0.15, -0.1) is 0 Å². The van der Waals surface area contributed by atoms with E-state index in [1.54, 1.807) is 6.07 Å². The van der Waals surface area contributed by atoms with Crippen LogP contribution in [0.3, 0.4) is 0 Å². The minimum Gasteiger partial charge on any atom is -0.206 e. The third kappa shape index (κ3) is 4.37. The van der Waals surface area contributed by atoms with Gasteiger partial charge in [0.1, 0.15) is 5.82 Å². The Morgan fingerprint density at radius 3 is 2.23 bits per heavy atom. The molecule has 0 radical (unpaired) electrons. The van der Waals surface area contributed by atoms with Crippen molar-refractivity contribution in [2.24, 2.45) is 11.8 Å². The number of aryl methyl sites for hydroxylation is 1. The van der Waals surface area contributed by atoms with E-state index in [0.29, 0.717) is 11.5 Å². The van der Waals surface area contributed by atoms with Crippen LogP contribution < -0.4 is 0 Å². The van der Waals surface area contributed by atoms with Gasteiger partial charge in [0.2, 0.25) is 0 Å². The summed E-state index contributed by atoms with van der Waals surface area (Å²) in [4.78, 5) is 0. The van der Waals surface area contributed by atoms with Crippen LogP contribution >= 0.6 is 0 Å². The fourth-order valence-corrected chi connectivity index (χ4v) is 4.64. The van der Waals surface area contributed by atoms with Crippen LogP contribution in [-0.4, -0.2) is 0 Å². The molecule has 1 atom stereocenters. The highest BCUT2D eigenvalue weighted by atomic mass is 19.1. The summed E-state index contributed by atoms with van der Waals surface area (Å²) < 4.78 is 14.4. The Kier molecular flexibility index (Phi) is 6.51. The molecule has 2 aromatic carbocycles. The summed E-state index contributed by atoms with van der Waals surface area (Å²) in [6, 6.07) is 14.2. The molecule has 1 aliphatic carbocycles. The summed E-state index contributed by atoms with van der Waals surface area (Å²) in [5.74, 6) is 2.24. The lowest BCUT2D eigenvalue weighted by Crippen LogP contribution is -2.19. The summed E-state index contributed by atoms with van der Waals surface area (Å²) in [6.07, 6.45) is 9.11. The minimum absolute atomic E-state index is 0.112. The van der Waals surface area contributed by atoms with Crippen LogP contribution in [0.4, 0.5) is 4.39 Å². The fourth-order valence-electron chi connectivity index (χ4n) is 4.64. The van der Waals surface area contributed by atoms with E-state index in [0.717, 1.165) is 29.4 Å². The third-order valence-electron chi connectivity index (χ3n) is 6.48. The molecule has 140 valence electrons. The van der Waals surface area contributed by atoms with Crippen LogP contribution in [0.1, 0.15) is 76.3 Å². The van der Waals surface area contributed by atoms with Gasteiger partial charge in [-0.3, -0.25) is 0 Å². The van der Waals surface area contributed by atoms with Gasteiger partial charge in [0, 0.05) is 5.56 Å². The zero-order valence-corrected chi connectivity index (χ0v) is 16.6. The smallest absolute Gasteiger partial charge is 0.131 e. The summed E-state index contributed by atoms with van der Waals surface area (Å²) in [5, 5.41) is 0. The van der Waals surface area contributed by atoms with Gasteiger partial charge >= 0.3 is 0 Å². The van der Waals surface area contributed by atoms with Crippen LogP contribution in [0.5, 0.6) is 0 Å². The minimum atomic E-state index is -0.112. The first-order valence-corrected chi connectivity index (χ1v) is 10.5. The monoisotopic (exact) mass is 352 g/mol. The van der Waals surface area contributed by atoms with Gasteiger partial charge in [-0.1, -0.05) is 82.9 Å². The molecule has 1 fully saturated rings. The van der Waals surface area contributed by atoms with Crippen molar-refractivity contribution in [3.63, 3.8) is 0 Å². The van der Waals surface area contributed by atoms with Crippen molar-refractivity contribution in [2.45, 2.75) is 71.6 Å². The van der Waals surface area contributed by atoms with E-state index in [1.165, 1.54) is 44.1 Å². The molecule has 2 aromatic rings. The maximum atomic E-state index is 14.4. The van der Waals surface area contributed by atoms with Crippen molar-refractivity contribution in [3.8, 4) is 11.1 Å². The maximum Gasteiger partial charge on any atom is 0.131 e. The van der Waals surface area contributed by atoms with Crippen molar-refractivity contribution < 1.29 is 4.39 Å². The molecule has 1 heteroatoms. The Morgan fingerprint density at radius 1 is 0.962 bits per heavy atom. The lowest BCUT2D eigenvalue weighted by molar-refractivity contribution is 0.239. The summed E-state index contributed by atoms with van der Waals surface area (Å²) >= 11 is 0. The first-order chi connectivity index (χ1) is 12.6. The highest BCUT2D eigenvalue weighted by Gasteiger charge is 2.25. The topological polar surface area (TPSA) is 0 Å². The number of rotatable bonds is 6. The van der Waals surface area contributed by atoms with Crippen LogP contribution in [0.25, 0.3) is 11.1 Å². The predicted molar refractivity (Wildman–Crippen MR) is 110 cm³/mol. The zero-order valence-electron chi connectivity index (χ0n) is 16.6. The van der Waals surface area contributed by atoms with Crippen LogP contribution in [0, 0.1) is 17.7 Å². The lowest BCUT2D eigenvalue weighted by Gasteiger charge is -2.32. The molecule has 0 aliphatic heterocycles. The fraction of sp³-hybridized carbons (Fsp3) is 0.520. The SMILES string of the molecule is CCCC1CCC(C(C)c2ccc(-c3ccc(CC)cc3F)cc2)CC1. The highest BCUT2D eigenvalue weighted by molar-refractivity contribution is 5.65. The van der Waals surface area contributed by atoms with E-state index in [2.05, 4.69) is 45.0 Å². The average Bonchev–Trinajstić information content (AvgIpc) is 2.68. The molecule has 0 heterocycles. The van der Waals surface area contributed by atoms with Gasteiger partial charge in [-0.25, -0.2) is 4.39 Å². The maximum absolute atomic E-state index is 14.4. The molecular formula is C25H33F. The summed E-state index contributed by atoms with van der Waals surface area (Å²) in [6.45, 7) is 6.73. The van der Waals surface area contributed by atoms with Gasteiger partial charge in [-0.05, 0) is 59.8 Å². The van der Waals surface area contributed by atoms with Crippen molar-refractivity contribution in [3.05, 3.63) is 59.4 Å². The molecule has 0 bridgehead atoms. The first-order valence-electron chi connectivity index (χ1n) is 10.5. The standard InChI is InChI=1S/C25H33F/c1-4-6-20-7-10-21(11-8-20)18(3)22-12-14-23(15-13-22)24-16-9-19(5-2)17-25(24)26/h9,12-18,20-21H,4-8,10-11H2,1-3H3. The van der Waals surface area contributed by atoms with Gasteiger partial charge < -0.3 is 0 Å². The van der Waals surface area contributed by atoms with E-state index in [9.17, 15) is 4.39 Å². The second-order valence-corrected chi connectivity index (χ2v) is 8.15. The molecule has 0 saturated heterocycles. The molecule has 0 aromatic heterocycles. The normalized spacial score (nSPS) is 21.5. The molecule has 0 nitrogen and oxygen atoms in total. The van der Waals surface area contributed by atoms with E-state index in [-0.39, 0.29) is 5.82 Å². The molecule has 3 rings (SSSR count). The van der Waals surface area contributed by atoms with Crippen LogP contribution in [0.2, 0.25) is 0 Å². The van der Waals surface area contributed by atoms with Crippen molar-refractivity contribution in [1.82, 2.24) is 0 Å². The lowest BCUT2D eigenvalue weighted by atomic mass is 9.73. The highest BCUT2D eigenvalue weighted by Crippen LogP contribution is 2.39. The Bertz CT molecular complexity index is 693. The quantitative estimate of drug-likeness (QED) is 0.498. The zero-order chi connectivity index (χ0) is 18.5. The number of benzene rings is 2. The summed E-state index contributed by atoms with van der Waals surface area (Å²) in [5.41, 5.74) is 4.14. The molecular weight excluding hydrogens is 319 g/mol. The Hall–Kier alpha value is -1.63. The predicted octanol–water partition coefficient (Wildman–Crippen LogP) is 7.77. The Balaban J connectivity index is 1.68. The second-order valence-electron chi connectivity index (χ2n) is 8.15. The number of halogens is 1. The largest absolute Gasteiger partial charge is 0.206 e. The molecule has 0 spiro atoms. The molecule has 26 heavy (non-hydrogen) atoms. The van der Waals surface area contributed by atoms with Gasteiger partial charge in [0.15, 0.2) is 0 Å². The number of hydrogen-bond donors (Lipinski definition) is 0. The van der Waals surface area contributed by atoms with Gasteiger partial charge in [-0.2, -0.15) is 0 Å². The van der Waals surface area contributed by atoms with Crippen molar-refractivity contribution in [2.75, 3.05) is 0 Å². The van der Waals surface area contributed by atoms with E-state index in [1.807, 2.05) is 12.1 Å². The van der Waals surface area contributed by atoms with E-state index >= 15 is 0 Å². The van der Waals surface area contributed by atoms with Crippen molar-refractivity contribution in [1.29, 1.82) is 0 Å². The molecule has 0 N–H and O–H groups in total. The Labute approximate surface area is 158 Å². The molecule has 1 aliphatic rings. The molecule has 0 amide bonds. The number of hydrogen-bond acceptors (Lipinski definition) is 0. The van der Waals surface area contributed by atoms with Crippen LogP contribution in [-0.2, 0) is 6.42 Å². The first kappa shape index (κ1) is 19.1. The molecule has 1 saturated carbocycles. The van der Waals surface area contributed by atoms with E-state index < -0.39 is 0 Å². The van der Waals surface area contributed by atoms with Crippen LogP contribution in [0.15, 0.2) is 42.5 Å². The third-order valence-corrected chi connectivity index (χ3v) is 6.48. The Morgan fingerprint density at radius 2 is 1.65 bits per heavy atom. The molecule has 1 unspecified atom stereocenters. The average molecular weight is 353 g/mol. The van der Waals surface area contributed by atoms with Gasteiger partial charge in [0.25, 0.3) is 0 Å². The summed E-state index contributed by atoms with van der Waals surface area (Å²) in [7, 11) is 0.